The third kappa shape index (κ3) is 5.37. The van der Waals surface area contributed by atoms with Crippen LogP contribution >= 0.6 is 11.6 Å². The molecule has 1 amide bonds. The van der Waals surface area contributed by atoms with Crippen LogP contribution in [0.25, 0.3) is 0 Å². The molecular weight excluding hydrogens is 454 g/mol. The van der Waals surface area contributed by atoms with Gasteiger partial charge in [0.05, 0.1) is 28.4 Å². The molecule has 0 aliphatic heterocycles. The van der Waals surface area contributed by atoms with Gasteiger partial charge in [-0.05, 0) is 49.4 Å². The summed E-state index contributed by atoms with van der Waals surface area (Å²) in [6.45, 7) is 1.61. The number of anilines is 1. The lowest BCUT2D eigenvalue weighted by Crippen LogP contribution is -2.20. The Morgan fingerprint density at radius 1 is 1.06 bits per heavy atom. The highest BCUT2D eigenvalue weighted by atomic mass is 35.5. The quantitative estimate of drug-likeness (QED) is 0.354. The number of nitrogens with one attached hydrogen (secondary N) is 2. The molecule has 32 heavy (non-hydrogen) atoms. The van der Waals surface area contributed by atoms with Gasteiger partial charge >= 0.3 is 0 Å². The average Bonchev–Trinajstić information content (AvgIpc) is 2.78. The Bertz CT molecular complexity index is 1290. The van der Waals surface area contributed by atoms with Gasteiger partial charge in [-0.1, -0.05) is 29.8 Å². The van der Waals surface area contributed by atoms with Crippen LogP contribution in [0.15, 0.2) is 76.7 Å². The maximum atomic E-state index is 12.7. The lowest BCUT2D eigenvalue weighted by atomic mass is 10.1. The Morgan fingerprint density at radius 3 is 2.50 bits per heavy atom. The maximum absolute atomic E-state index is 12.7. The van der Waals surface area contributed by atoms with E-state index in [1.165, 1.54) is 43.5 Å². The summed E-state index contributed by atoms with van der Waals surface area (Å²) < 4.78 is 32.8. The lowest BCUT2D eigenvalue weighted by Gasteiger charge is -2.10. The Morgan fingerprint density at radius 2 is 1.81 bits per heavy atom. The third-order valence-electron chi connectivity index (χ3n) is 4.44. The van der Waals surface area contributed by atoms with Gasteiger partial charge in [-0.3, -0.25) is 9.52 Å². The number of rotatable bonds is 7. The number of amides is 1. The van der Waals surface area contributed by atoms with Gasteiger partial charge in [-0.2, -0.15) is 5.10 Å². The fourth-order valence-electron chi connectivity index (χ4n) is 2.76. The van der Waals surface area contributed by atoms with E-state index in [0.29, 0.717) is 17.0 Å². The summed E-state index contributed by atoms with van der Waals surface area (Å²) in [5.41, 5.74) is 3.43. The summed E-state index contributed by atoms with van der Waals surface area (Å²) >= 11 is 6.02. The van der Waals surface area contributed by atoms with Crippen molar-refractivity contribution in [3.63, 3.8) is 0 Å². The zero-order valence-corrected chi connectivity index (χ0v) is 18.7. The molecule has 3 rings (SSSR count). The number of benzene rings is 3. The summed E-state index contributed by atoms with van der Waals surface area (Å²) in [4.78, 5) is 12.4. The second kappa shape index (κ2) is 9.71. The van der Waals surface area contributed by atoms with E-state index in [0.717, 1.165) is 0 Å². The summed E-state index contributed by atoms with van der Waals surface area (Å²) in [5, 5.41) is 14.3. The summed E-state index contributed by atoms with van der Waals surface area (Å²) in [5.74, 6) is -0.197. The summed E-state index contributed by atoms with van der Waals surface area (Å²) in [7, 11) is -2.49. The second-order valence-corrected chi connectivity index (χ2v) is 8.72. The standard InChI is InChI=1S/C22H20ClN3O5S/c1-14(18-11-10-16(31-2)13-21(18)27)24-25-22(28)15-6-5-7-17(12-15)32(29,30)26-20-9-4-3-8-19(20)23/h3-13,26-27H,1-2H3,(H,25,28)/b24-14-. The van der Waals surface area contributed by atoms with Gasteiger partial charge in [0.25, 0.3) is 15.9 Å². The summed E-state index contributed by atoms with van der Waals surface area (Å²) in [6.07, 6.45) is 0. The molecule has 8 nitrogen and oxygen atoms in total. The zero-order chi connectivity index (χ0) is 23.3. The topological polar surface area (TPSA) is 117 Å². The molecule has 10 heteroatoms. The number of halogens is 1. The van der Waals surface area contributed by atoms with Crippen LogP contribution in [0.1, 0.15) is 22.8 Å². The molecule has 3 N–H and O–H groups in total. The first kappa shape index (κ1) is 23.1. The molecule has 0 radical (unpaired) electrons. The number of hydrazone groups is 1. The highest BCUT2D eigenvalue weighted by Crippen LogP contribution is 2.25. The van der Waals surface area contributed by atoms with Crippen molar-refractivity contribution in [2.45, 2.75) is 11.8 Å². The van der Waals surface area contributed by atoms with E-state index in [4.69, 9.17) is 16.3 Å². The molecule has 0 bridgehead atoms. The van der Waals surface area contributed by atoms with Gasteiger partial charge in [0.1, 0.15) is 11.5 Å². The Kier molecular flexibility index (Phi) is 7.01. The molecule has 0 heterocycles. The lowest BCUT2D eigenvalue weighted by molar-refractivity contribution is 0.0954. The Hall–Kier alpha value is -3.56. The van der Waals surface area contributed by atoms with Crippen LogP contribution in [-0.4, -0.2) is 32.3 Å². The van der Waals surface area contributed by atoms with E-state index in [1.54, 1.807) is 37.3 Å². The first-order valence-corrected chi connectivity index (χ1v) is 11.2. The fourth-order valence-corrected chi connectivity index (χ4v) is 4.12. The molecule has 0 unspecified atom stereocenters. The van der Waals surface area contributed by atoms with Crippen molar-refractivity contribution in [3.05, 3.63) is 82.9 Å². The van der Waals surface area contributed by atoms with E-state index in [-0.39, 0.29) is 26.9 Å². The van der Waals surface area contributed by atoms with E-state index in [9.17, 15) is 18.3 Å². The molecule has 0 saturated carbocycles. The van der Waals surface area contributed by atoms with Crippen LogP contribution in [0.2, 0.25) is 5.02 Å². The fraction of sp³-hybridized carbons (Fsp3) is 0.0909. The van der Waals surface area contributed by atoms with Crippen LogP contribution in [0, 0.1) is 0 Å². The van der Waals surface area contributed by atoms with Crippen LogP contribution < -0.4 is 14.9 Å². The van der Waals surface area contributed by atoms with Crippen LogP contribution in [0.5, 0.6) is 11.5 Å². The van der Waals surface area contributed by atoms with E-state index < -0.39 is 15.9 Å². The van der Waals surface area contributed by atoms with Gasteiger partial charge in [-0.25, -0.2) is 13.8 Å². The first-order valence-electron chi connectivity index (χ1n) is 9.30. The number of phenolic OH excluding ortho intramolecular Hbond substituents is 1. The number of sulfonamides is 1. The second-order valence-electron chi connectivity index (χ2n) is 6.63. The number of carbonyl (C=O) groups excluding carboxylic acids is 1. The molecule has 0 saturated heterocycles. The van der Waals surface area contributed by atoms with Crippen molar-refractivity contribution in [3.8, 4) is 11.5 Å². The minimum Gasteiger partial charge on any atom is -0.507 e. The van der Waals surface area contributed by atoms with Crippen LogP contribution in [-0.2, 0) is 10.0 Å². The average molecular weight is 474 g/mol. The van der Waals surface area contributed by atoms with Gasteiger partial charge < -0.3 is 9.84 Å². The predicted molar refractivity (Wildman–Crippen MR) is 123 cm³/mol. The molecule has 0 aliphatic rings. The van der Waals surface area contributed by atoms with Crippen molar-refractivity contribution < 1.29 is 23.1 Å². The van der Waals surface area contributed by atoms with Crippen LogP contribution in [0.4, 0.5) is 5.69 Å². The molecule has 166 valence electrons. The molecule has 0 spiro atoms. The SMILES string of the molecule is COc1ccc(/C(C)=N\NC(=O)c2cccc(S(=O)(=O)Nc3ccccc3Cl)c2)c(O)c1. The Labute approximate surface area is 190 Å². The van der Waals surface area contributed by atoms with Gasteiger partial charge in [0, 0.05) is 17.2 Å². The molecule has 0 aliphatic carbocycles. The van der Waals surface area contributed by atoms with E-state index in [1.807, 2.05) is 0 Å². The molecule has 3 aromatic rings. The number of carbonyl (C=O) groups is 1. The van der Waals surface area contributed by atoms with Crippen molar-refractivity contribution in [1.82, 2.24) is 5.43 Å². The van der Waals surface area contributed by atoms with E-state index >= 15 is 0 Å². The molecule has 0 aromatic heterocycles. The molecule has 0 fully saturated rings. The van der Waals surface area contributed by atoms with Gasteiger partial charge in [-0.15, -0.1) is 0 Å². The van der Waals surface area contributed by atoms with Gasteiger partial charge in [0.15, 0.2) is 0 Å². The number of aromatic hydroxyl groups is 1. The van der Waals surface area contributed by atoms with Crippen molar-refractivity contribution in [1.29, 1.82) is 0 Å². The molecule has 0 atom stereocenters. The van der Waals surface area contributed by atoms with Gasteiger partial charge in [0.2, 0.25) is 0 Å². The third-order valence-corrected chi connectivity index (χ3v) is 6.14. The highest BCUT2D eigenvalue weighted by Gasteiger charge is 2.18. The van der Waals surface area contributed by atoms with Crippen molar-refractivity contribution in [2.75, 3.05) is 11.8 Å². The highest BCUT2D eigenvalue weighted by molar-refractivity contribution is 7.92. The number of methoxy groups -OCH3 is 1. The minimum absolute atomic E-state index is 0.0569. The Balaban J connectivity index is 1.78. The van der Waals surface area contributed by atoms with E-state index in [2.05, 4.69) is 15.2 Å². The smallest absolute Gasteiger partial charge is 0.271 e. The number of hydrogen-bond donors (Lipinski definition) is 3. The van der Waals surface area contributed by atoms with Crippen LogP contribution in [0.3, 0.4) is 0 Å². The minimum atomic E-state index is -3.97. The molecular formula is C22H20ClN3O5S. The largest absolute Gasteiger partial charge is 0.507 e. The number of nitrogens with zero attached hydrogens (tertiary/aromatic N) is 1. The summed E-state index contributed by atoms with van der Waals surface area (Å²) in [6, 6.07) is 16.6. The van der Waals surface area contributed by atoms with Crippen molar-refractivity contribution in [2.24, 2.45) is 5.10 Å². The maximum Gasteiger partial charge on any atom is 0.271 e. The number of phenols is 1. The zero-order valence-electron chi connectivity index (χ0n) is 17.2. The number of hydrogen-bond acceptors (Lipinski definition) is 6. The number of ether oxygens (including phenoxy) is 1. The number of para-hydroxylation sites is 1. The first-order chi connectivity index (χ1) is 15.2. The normalized spacial score (nSPS) is 11.7. The predicted octanol–water partition coefficient (Wildman–Crippen LogP) is 4.01. The molecule has 3 aromatic carbocycles. The van der Waals surface area contributed by atoms with Crippen molar-refractivity contribution >= 4 is 38.9 Å². The monoisotopic (exact) mass is 473 g/mol.